The molecule has 1 atom stereocenters. The molecule has 0 saturated heterocycles. The molecule has 0 radical (unpaired) electrons. The zero-order valence-corrected chi connectivity index (χ0v) is 10.6. The largest absolute Gasteiger partial charge is 0.437 e. The molecule has 0 aliphatic carbocycles. The Bertz CT molecular complexity index is 487. The van der Waals surface area contributed by atoms with E-state index in [0.29, 0.717) is 11.6 Å². The van der Waals surface area contributed by atoms with Crippen molar-refractivity contribution in [2.45, 2.75) is 19.9 Å². The Morgan fingerprint density at radius 1 is 1.28 bits per heavy atom. The lowest BCUT2D eigenvalue weighted by Crippen LogP contribution is -2.18. The molecular formula is C14H17N3O. The number of hydrogen-bond donors (Lipinski definition) is 1. The Labute approximate surface area is 107 Å². The molecular weight excluding hydrogens is 226 g/mol. The number of pyridine rings is 2. The summed E-state index contributed by atoms with van der Waals surface area (Å²) in [6.07, 6.45) is 5.12. The van der Waals surface area contributed by atoms with Crippen molar-refractivity contribution in [1.29, 1.82) is 0 Å². The summed E-state index contributed by atoms with van der Waals surface area (Å²) in [6.45, 7) is 5.08. The predicted molar refractivity (Wildman–Crippen MR) is 70.6 cm³/mol. The van der Waals surface area contributed by atoms with E-state index in [1.54, 1.807) is 18.6 Å². The van der Waals surface area contributed by atoms with Crippen LogP contribution in [0.25, 0.3) is 0 Å². The first kappa shape index (κ1) is 12.5. The number of nitrogens with one attached hydrogen (secondary N) is 1. The fraction of sp³-hybridized carbons (Fsp3) is 0.286. The van der Waals surface area contributed by atoms with E-state index in [4.69, 9.17) is 4.74 Å². The van der Waals surface area contributed by atoms with Gasteiger partial charge in [-0.2, -0.15) is 0 Å². The molecule has 0 amide bonds. The summed E-state index contributed by atoms with van der Waals surface area (Å²) in [4.78, 5) is 8.31. The molecule has 0 bridgehead atoms. The molecule has 1 unspecified atom stereocenters. The maximum absolute atomic E-state index is 5.76. The number of ether oxygens (including phenoxy) is 1. The summed E-state index contributed by atoms with van der Waals surface area (Å²) in [5.41, 5.74) is 1.04. The number of aromatic nitrogens is 2. The minimum absolute atomic E-state index is 0.204. The highest BCUT2D eigenvalue weighted by molar-refractivity contribution is 5.32. The van der Waals surface area contributed by atoms with E-state index in [-0.39, 0.29) is 6.04 Å². The second kappa shape index (κ2) is 6.12. The molecule has 4 nitrogen and oxygen atoms in total. The minimum Gasteiger partial charge on any atom is -0.437 e. The first-order chi connectivity index (χ1) is 8.81. The standard InChI is InChI=1S/C14H17N3O/c1-3-16-11(2)13-7-5-9-17-14(13)18-12-6-4-8-15-10-12/h4-11,16H,3H2,1-2H3. The van der Waals surface area contributed by atoms with Crippen molar-refractivity contribution in [3.05, 3.63) is 48.4 Å². The summed E-state index contributed by atoms with van der Waals surface area (Å²) in [5.74, 6) is 1.32. The molecule has 0 aromatic carbocycles. The Hall–Kier alpha value is -1.94. The van der Waals surface area contributed by atoms with Gasteiger partial charge < -0.3 is 10.1 Å². The highest BCUT2D eigenvalue weighted by atomic mass is 16.5. The van der Waals surface area contributed by atoms with Crippen LogP contribution in [0.3, 0.4) is 0 Å². The summed E-state index contributed by atoms with van der Waals surface area (Å²) in [6, 6.07) is 7.84. The normalized spacial score (nSPS) is 12.1. The van der Waals surface area contributed by atoms with Crippen LogP contribution in [0, 0.1) is 0 Å². The smallest absolute Gasteiger partial charge is 0.224 e. The lowest BCUT2D eigenvalue weighted by molar-refractivity contribution is 0.442. The number of nitrogens with zero attached hydrogens (tertiary/aromatic N) is 2. The van der Waals surface area contributed by atoms with Crippen LogP contribution >= 0.6 is 0 Å². The Morgan fingerprint density at radius 3 is 2.83 bits per heavy atom. The van der Waals surface area contributed by atoms with Crippen LogP contribution in [0.5, 0.6) is 11.6 Å². The average Bonchev–Trinajstić information content (AvgIpc) is 2.41. The Balaban J connectivity index is 2.22. The van der Waals surface area contributed by atoms with E-state index in [1.807, 2.05) is 24.3 Å². The lowest BCUT2D eigenvalue weighted by atomic mass is 10.1. The van der Waals surface area contributed by atoms with Gasteiger partial charge in [-0.1, -0.05) is 13.0 Å². The topological polar surface area (TPSA) is 47.0 Å². The monoisotopic (exact) mass is 243 g/mol. The van der Waals surface area contributed by atoms with E-state index in [2.05, 4.69) is 29.1 Å². The minimum atomic E-state index is 0.204. The Kier molecular flexibility index (Phi) is 4.25. The third kappa shape index (κ3) is 3.05. The number of rotatable bonds is 5. The zero-order valence-electron chi connectivity index (χ0n) is 10.6. The highest BCUT2D eigenvalue weighted by Crippen LogP contribution is 2.26. The van der Waals surface area contributed by atoms with Crippen molar-refractivity contribution in [3.8, 4) is 11.6 Å². The van der Waals surface area contributed by atoms with E-state index < -0.39 is 0 Å². The summed E-state index contributed by atoms with van der Waals surface area (Å²) in [5, 5.41) is 3.35. The van der Waals surface area contributed by atoms with Crippen molar-refractivity contribution < 1.29 is 4.74 Å². The van der Waals surface area contributed by atoms with Crippen molar-refractivity contribution in [3.63, 3.8) is 0 Å². The van der Waals surface area contributed by atoms with Crippen LogP contribution in [0.2, 0.25) is 0 Å². The van der Waals surface area contributed by atoms with Crippen molar-refractivity contribution in [2.75, 3.05) is 6.54 Å². The molecule has 2 aromatic rings. The van der Waals surface area contributed by atoms with Crippen molar-refractivity contribution in [2.24, 2.45) is 0 Å². The van der Waals surface area contributed by atoms with Crippen LogP contribution in [-0.4, -0.2) is 16.5 Å². The Morgan fingerprint density at radius 2 is 2.11 bits per heavy atom. The van der Waals surface area contributed by atoms with Gasteiger partial charge in [-0.05, 0) is 31.7 Å². The van der Waals surface area contributed by atoms with Gasteiger partial charge in [0.1, 0.15) is 5.75 Å². The van der Waals surface area contributed by atoms with E-state index in [0.717, 1.165) is 12.1 Å². The van der Waals surface area contributed by atoms with Gasteiger partial charge in [0.15, 0.2) is 0 Å². The van der Waals surface area contributed by atoms with E-state index >= 15 is 0 Å². The summed E-state index contributed by atoms with van der Waals surface area (Å²) >= 11 is 0. The van der Waals surface area contributed by atoms with Gasteiger partial charge in [-0.15, -0.1) is 0 Å². The molecule has 4 heteroatoms. The second-order valence-electron chi connectivity index (χ2n) is 3.97. The van der Waals surface area contributed by atoms with Crippen LogP contribution in [-0.2, 0) is 0 Å². The van der Waals surface area contributed by atoms with Gasteiger partial charge in [0.05, 0.1) is 6.20 Å². The van der Waals surface area contributed by atoms with Gasteiger partial charge in [0.25, 0.3) is 0 Å². The van der Waals surface area contributed by atoms with Gasteiger partial charge >= 0.3 is 0 Å². The van der Waals surface area contributed by atoms with Crippen molar-refractivity contribution >= 4 is 0 Å². The number of hydrogen-bond acceptors (Lipinski definition) is 4. The fourth-order valence-electron chi connectivity index (χ4n) is 1.75. The fourth-order valence-corrected chi connectivity index (χ4v) is 1.75. The maximum atomic E-state index is 5.76. The van der Waals surface area contributed by atoms with Crippen LogP contribution in [0.1, 0.15) is 25.5 Å². The van der Waals surface area contributed by atoms with E-state index in [9.17, 15) is 0 Å². The zero-order chi connectivity index (χ0) is 12.8. The van der Waals surface area contributed by atoms with Gasteiger partial charge in [0, 0.05) is 24.0 Å². The highest BCUT2D eigenvalue weighted by Gasteiger charge is 2.12. The first-order valence-corrected chi connectivity index (χ1v) is 6.07. The first-order valence-electron chi connectivity index (χ1n) is 6.07. The molecule has 2 heterocycles. The molecule has 2 rings (SSSR count). The van der Waals surface area contributed by atoms with Gasteiger partial charge in [-0.3, -0.25) is 4.98 Å². The molecule has 0 aliphatic heterocycles. The van der Waals surface area contributed by atoms with Crippen LogP contribution in [0.15, 0.2) is 42.9 Å². The van der Waals surface area contributed by atoms with Crippen LogP contribution < -0.4 is 10.1 Å². The summed E-state index contributed by atoms with van der Waals surface area (Å²) in [7, 11) is 0. The maximum Gasteiger partial charge on any atom is 0.224 e. The SMILES string of the molecule is CCNC(C)c1cccnc1Oc1cccnc1. The molecule has 0 spiro atoms. The summed E-state index contributed by atoms with van der Waals surface area (Å²) < 4.78 is 5.76. The average molecular weight is 243 g/mol. The van der Waals surface area contributed by atoms with Gasteiger partial charge in [0.2, 0.25) is 5.88 Å². The molecule has 94 valence electrons. The molecule has 0 fully saturated rings. The second-order valence-corrected chi connectivity index (χ2v) is 3.97. The van der Waals surface area contributed by atoms with Gasteiger partial charge in [-0.25, -0.2) is 4.98 Å². The lowest BCUT2D eigenvalue weighted by Gasteiger charge is -2.16. The molecule has 0 saturated carbocycles. The van der Waals surface area contributed by atoms with Crippen molar-refractivity contribution in [1.82, 2.24) is 15.3 Å². The third-order valence-electron chi connectivity index (χ3n) is 2.63. The van der Waals surface area contributed by atoms with Crippen LogP contribution in [0.4, 0.5) is 0 Å². The molecule has 1 N–H and O–H groups in total. The van der Waals surface area contributed by atoms with E-state index in [1.165, 1.54) is 0 Å². The quantitative estimate of drug-likeness (QED) is 0.877. The molecule has 18 heavy (non-hydrogen) atoms. The predicted octanol–water partition coefficient (Wildman–Crippen LogP) is 2.94. The molecule has 2 aromatic heterocycles. The molecule has 0 aliphatic rings. The third-order valence-corrected chi connectivity index (χ3v) is 2.63.